The Hall–Kier alpha value is -2.27. The number of rotatable bonds is 2. The highest BCUT2D eigenvalue weighted by Gasteiger charge is 2.37. The molecular formula is C17H15ClO5. The number of allylic oxidation sites excluding steroid dienone is 2. The van der Waals surface area contributed by atoms with Crippen molar-refractivity contribution < 1.29 is 24.5 Å². The second-order valence-corrected chi connectivity index (χ2v) is 6.00. The second-order valence-electron chi connectivity index (χ2n) is 5.62. The molecule has 1 aromatic rings. The molecular weight excluding hydrogens is 320 g/mol. The number of aromatic hydroxyl groups is 1. The highest BCUT2D eigenvalue weighted by atomic mass is 35.5. The topological polar surface area (TPSA) is 83.8 Å². The summed E-state index contributed by atoms with van der Waals surface area (Å²) in [6, 6.07) is 1.50. The van der Waals surface area contributed by atoms with Crippen LogP contribution in [0.25, 0.3) is 11.8 Å². The number of benzene rings is 1. The van der Waals surface area contributed by atoms with E-state index >= 15 is 0 Å². The molecule has 0 spiro atoms. The van der Waals surface area contributed by atoms with Crippen LogP contribution >= 0.6 is 11.6 Å². The highest BCUT2D eigenvalue weighted by Crippen LogP contribution is 2.46. The standard InChI is InChI=1S/C17H15ClO5/c1-3-4-10-11-8(5-7(2)23-10)6-9-12(15(11)20)16(21)13(18)17(22)14(9)19/h5-6,10,20-21H,3-4H2,1-2H3/t10-/m0/s1. The fourth-order valence-corrected chi connectivity index (χ4v) is 3.20. The summed E-state index contributed by atoms with van der Waals surface area (Å²) in [7, 11) is 0. The second kappa shape index (κ2) is 5.42. The average Bonchev–Trinajstić information content (AvgIpc) is 2.50. The molecule has 1 aliphatic carbocycles. The van der Waals surface area contributed by atoms with Gasteiger partial charge in [-0.2, -0.15) is 0 Å². The van der Waals surface area contributed by atoms with Gasteiger partial charge in [-0.25, -0.2) is 0 Å². The molecule has 0 saturated heterocycles. The summed E-state index contributed by atoms with van der Waals surface area (Å²) in [6.45, 7) is 3.77. The van der Waals surface area contributed by atoms with Crippen molar-refractivity contribution in [1.29, 1.82) is 0 Å². The summed E-state index contributed by atoms with van der Waals surface area (Å²) in [5.41, 5.74) is 0.954. The van der Waals surface area contributed by atoms with Crippen molar-refractivity contribution in [2.24, 2.45) is 0 Å². The average molecular weight is 335 g/mol. The lowest BCUT2D eigenvalue weighted by Crippen LogP contribution is -2.23. The number of hydrogen-bond donors (Lipinski definition) is 2. The highest BCUT2D eigenvalue weighted by molar-refractivity contribution is 6.64. The van der Waals surface area contributed by atoms with Crippen molar-refractivity contribution in [3.63, 3.8) is 0 Å². The number of aliphatic hydroxyl groups excluding tert-OH is 1. The van der Waals surface area contributed by atoms with E-state index in [1.165, 1.54) is 6.07 Å². The molecule has 3 rings (SSSR count). The first-order chi connectivity index (χ1) is 10.9. The van der Waals surface area contributed by atoms with Crippen LogP contribution in [-0.2, 0) is 9.53 Å². The SMILES string of the molecule is CCC[C@@H]1OC(C)=Cc2cc3c(c(O)c21)C(O)=C(Cl)C(=O)C3=O. The Bertz CT molecular complexity index is 804. The number of aliphatic hydroxyl groups is 1. The molecule has 1 heterocycles. The number of ether oxygens (including phenoxy) is 1. The lowest BCUT2D eigenvalue weighted by molar-refractivity contribution is -0.111. The minimum absolute atomic E-state index is 0.0469. The maximum atomic E-state index is 12.2. The Kier molecular flexibility index (Phi) is 3.68. The Labute approximate surface area is 137 Å². The van der Waals surface area contributed by atoms with Crippen molar-refractivity contribution in [3.05, 3.63) is 39.1 Å². The molecule has 0 aromatic heterocycles. The van der Waals surface area contributed by atoms with Gasteiger partial charge in [0.15, 0.2) is 0 Å². The van der Waals surface area contributed by atoms with Crippen molar-refractivity contribution in [1.82, 2.24) is 0 Å². The van der Waals surface area contributed by atoms with Gasteiger partial charge in [-0.15, -0.1) is 0 Å². The lowest BCUT2D eigenvalue weighted by atomic mass is 9.85. The number of carbonyl (C=O) groups excluding carboxylic acids is 2. The van der Waals surface area contributed by atoms with Crippen molar-refractivity contribution >= 4 is 35.0 Å². The third-order valence-corrected chi connectivity index (χ3v) is 4.38. The minimum atomic E-state index is -0.978. The summed E-state index contributed by atoms with van der Waals surface area (Å²) >= 11 is 5.72. The molecule has 0 radical (unpaired) electrons. The molecule has 1 aromatic carbocycles. The zero-order chi connectivity index (χ0) is 16.9. The monoisotopic (exact) mass is 334 g/mol. The summed E-state index contributed by atoms with van der Waals surface area (Å²) in [5.74, 6) is -2.01. The van der Waals surface area contributed by atoms with E-state index in [1.807, 2.05) is 6.92 Å². The molecule has 0 unspecified atom stereocenters. The van der Waals surface area contributed by atoms with Gasteiger partial charge in [-0.3, -0.25) is 9.59 Å². The van der Waals surface area contributed by atoms with Gasteiger partial charge in [-0.1, -0.05) is 24.9 Å². The zero-order valence-electron chi connectivity index (χ0n) is 12.6. The molecule has 0 fully saturated rings. The van der Waals surface area contributed by atoms with E-state index in [-0.39, 0.29) is 23.0 Å². The van der Waals surface area contributed by atoms with Gasteiger partial charge in [-0.05, 0) is 31.1 Å². The van der Waals surface area contributed by atoms with Crippen LogP contribution in [-0.4, -0.2) is 21.8 Å². The molecule has 6 heteroatoms. The Morgan fingerprint density at radius 1 is 1.26 bits per heavy atom. The van der Waals surface area contributed by atoms with Crippen LogP contribution < -0.4 is 0 Å². The molecule has 5 nitrogen and oxygen atoms in total. The van der Waals surface area contributed by atoms with Crippen molar-refractivity contribution in [2.45, 2.75) is 32.8 Å². The summed E-state index contributed by atoms with van der Waals surface area (Å²) in [5, 5.41) is 20.2. The maximum absolute atomic E-state index is 12.2. The third kappa shape index (κ3) is 2.23. The van der Waals surface area contributed by atoms with E-state index in [4.69, 9.17) is 16.3 Å². The summed E-state index contributed by atoms with van der Waals surface area (Å²) in [6.07, 6.45) is 2.80. The van der Waals surface area contributed by atoms with Crippen molar-refractivity contribution in [2.75, 3.05) is 0 Å². The van der Waals surface area contributed by atoms with Crippen LogP contribution in [0.4, 0.5) is 0 Å². The van der Waals surface area contributed by atoms with E-state index in [2.05, 4.69) is 0 Å². The van der Waals surface area contributed by atoms with E-state index < -0.39 is 22.4 Å². The van der Waals surface area contributed by atoms with Crippen LogP contribution in [0.2, 0.25) is 0 Å². The fraction of sp³-hybridized carbons (Fsp3) is 0.294. The molecule has 2 N–H and O–H groups in total. The Morgan fingerprint density at radius 3 is 2.61 bits per heavy atom. The molecule has 23 heavy (non-hydrogen) atoms. The largest absolute Gasteiger partial charge is 0.507 e. The predicted octanol–water partition coefficient (Wildman–Crippen LogP) is 3.86. The fourth-order valence-electron chi connectivity index (χ4n) is 3.02. The van der Waals surface area contributed by atoms with Crippen LogP contribution in [0.5, 0.6) is 5.75 Å². The molecule has 2 aliphatic rings. The molecule has 0 saturated carbocycles. The number of carbonyl (C=O) groups is 2. The van der Waals surface area contributed by atoms with Gasteiger partial charge >= 0.3 is 0 Å². The number of hydrogen-bond acceptors (Lipinski definition) is 5. The molecule has 0 amide bonds. The first kappa shape index (κ1) is 15.6. The number of fused-ring (bicyclic) bond motifs is 2. The Morgan fingerprint density at radius 2 is 1.96 bits per heavy atom. The molecule has 1 atom stereocenters. The van der Waals surface area contributed by atoms with E-state index in [0.717, 1.165) is 6.42 Å². The van der Waals surface area contributed by atoms with Crippen molar-refractivity contribution in [3.8, 4) is 5.75 Å². The third-order valence-electron chi connectivity index (χ3n) is 4.03. The van der Waals surface area contributed by atoms with Gasteiger partial charge in [0.1, 0.15) is 22.6 Å². The first-order valence-electron chi connectivity index (χ1n) is 7.29. The summed E-state index contributed by atoms with van der Waals surface area (Å²) < 4.78 is 5.75. The molecule has 0 bridgehead atoms. The van der Waals surface area contributed by atoms with Crippen LogP contribution in [0.1, 0.15) is 59.8 Å². The number of phenols is 1. The lowest BCUT2D eigenvalue weighted by Gasteiger charge is -2.29. The predicted molar refractivity (Wildman–Crippen MR) is 85.2 cm³/mol. The smallest absolute Gasteiger partial charge is 0.248 e. The van der Waals surface area contributed by atoms with Crippen LogP contribution in [0.15, 0.2) is 16.9 Å². The Balaban J connectivity index is 2.33. The molecule has 120 valence electrons. The molecule has 1 aliphatic heterocycles. The normalized spacial score (nSPS) is 20.0. The van der Waals surface area contributed by atoms with Gasteiger partial charge in [0.25, 0.3) is 0 Å². The number of Topliss-reactive ketones (excluding diaryl/α,β-unsaturated/α-hetero) is 2. The number of phenolic OH excluding ortho intramolecular Hbond substituents is 1. The number of ketones is 2. The number of halogens is 1. The van der Waals surface area contributed by atoms with Crippen LogP contribution in [0, 0.1) is 0 Å². The van der Waals surface area contributed by atoms with Gasteiger partial charge < -0.3 is 14.9 Å². The van der Waals surface area contributed by atoms with Crippen LogP contribution in [0.3, 0.4) is 0 Å². The van der Waals surface area contributed by atoms with Gasteiger partial charge in [0.05, 0.1) is 11.3 Å². The first-order valence-corrected chi connectivity index (χ1v) is 7.67. The van der Waals surface area contributed by atoms with Gasteiger partial charge in [0.2, 0.25) is 11.6 Å². The maximum Gasteiger partial charge on any atom is 0.248 e. The minimum Gasteiger partial charge on any atom is -0.507 e. The van der Waals surface area contributed by atoms with E-state index in [0.29, 0.717) is 23.3 Å². The van der Waals surface area contributed by atoms with E-state index in [1.54, 1.807) is 13.0 Å². The summed E-state index contributed by atoms with van der Waals surface area (Å²) in [4.78, 5) is 23.9. The van der Waals surface area contributed by atoms with Gasteiger partial charge in [0, 0.05) is 11.1 Å². The zero-order valence-corrected chi connectivity index (χ0v) is 13.4. The quantitative estimate of drug-likeness (QED) is 0.802. The van der Waals surface area contributed by atoms with E-state index in [9.17, 15) is 19.8 Å².